The van der Waals surface area contributed by atoms with Gasteiger partial charge in [0.1, 0.15) is 0 Å². The third kappa shape index (κ3) is 3.73. The molecular formula is C17H15N3O2S. The molecule has 2 aromatic carbocycles. The molecule has 6 heteroatoms. The third-order valence-corrected chi connectivity index (χ3v) is 3.74. The van der Waals surface area contributed by atoms with Gasteiger partial charge in [-0.1, -0.05) is 30.3 Å². The monoisotopic (exact) mass is 325 g/mol. The topological polar surface area (TPSA) is 64.1 Å². The Balaban J connectivity index is 1.70. The SMILES string of the molecule is CCOC(=O)c1ccc(Nc2nc(-c3ccccc3)ns2)cc1. The molecule has 0 atom stereocenters. The lowest BCUT2D eigenvalue weighted by molar-refractivity contribution is 0.0526. The molecule has 0 unspecified atom stereocenters. The van der Waals surface area contributed by atoms with E-state index in [0.717, 1.165) is 11.3 Å². The molecule has 0 aliphatic rings. The molecule has 1 N–H and O–H groups in total. The summed E-state index contributed by atoms with van der Waals surface area (Å²) in [5, 5.41) is 3.89. The zero-order chi connectivity index (χ0) is 16.1. The van der Waals surface area contributed by atoms with E-state index in [9.17, 15) is 4.79 Å². The van der Waals surface area contributed by atoms with Crippen molar-refractivity contribution in [3.05, 3.63) is 60.2 Å². The Bertz CT molecular complexity index is 785. The van der Waals surface area contributed by atoms with Crippen molar-refractivity contribution in [1.29, 1.82) is 0 Å². The van der Waals surface area contributed by atoms with Crippen LogP contribution in [-0.2, 0) is 4.74 Å². The molecule has 0 saturated carbocycles. The molecule has 0 aliphatic carbocycles. The van der Waals surface area contributed by atoms with E-state index >= 15 is 0 Å². The molecule has 0 saturated heterocycles. The Morgan fingerprint density at radius 2 is 1.87 bits per heavy atom. The minimum Gasteiger partial charge on any atom is -0.462 e. The van der Waals surface area contributed by atoms with E-state index in [4.69, 9.17) is 4.74 Å². The molecule has 3 aromatic rings. The fraction of sp³-hybridized carbons (Fsp3) is 0.118. The summed E-state index contributed by atoms with van der Waals surface area (Å²) in [6, 6.07) is 16.9. The zero-order valence-electron chi connectivity index (χ0n) is 12.5. The first-order valence-electron chi connectivity index (χ1n) is 7.19. The van der Waals surface area contributed by atoms with Crippen molar-refractivity contribution in [2.75, 3.05) is 11.9 Å². The number of benzene rings is 2. The number of anilines is 2. The second kappa shape index (κ2) is 7.02. The number of ether oxygens (including phenoxy) is 1. The lowest BCUT2D eigenvalue weighted by atomic mass is 10.2. The van der Waals surface area contributed by atoms with Crippen molar-refractivity contribution >= 4 is 28.3 Å². The molecule has 0 fully saturated rings. The molecule has 0 radical (unpaired) electrons. The van der Waals surface area contributed by atoms with Gasteiger partial charge >= 0.3 is 5.97 Å². The van der Waals surface area contributed by atoms with E-state index in [1.165, 1.54) is 11.5 Å². The van der Waals surface area contributed by atoms with Crippen molar-refractivity contribution in [2.24, 2.45) is 0 Å². The quantitative estimate of drug-likeness (QED) is 0.715. The summed E-state index contributed by atoms with van der Waals surface area (Å²) in [5.74, 6) is 0.377. The van der Waals surface area contributed by atoms with Gasteiger partial charge in [0.2, 0.25) is 5.13 Å². The van der Waals surface area contributed by atoms with Gasteiger partial charge in [-0.3, -0.25) is 0 Å². The second-order valence-electron chi connectivity index (χ2n) is 4.71. The normalized spacial score (nSPS) is 10.3. The number of hydrogen-bond acceptors (Lipinski definition) is 6. The van der Waals surface area contributed by atoms with Crippen LogP contribution in [0.4, 0.5) is 10.8 Å². The highest BCUT2D eigenvalue weighted by atomic mass is 32.1. The highest BCUT2D eigenvalue weighted by Crippen LogP contribution is 2.24. The van der Waals surface area contributed by atoms with Crippen LogP contribution >= 0.6 is 11.5 Å². The Hall–Kier alpha value is -2.73. The van der Waals surface area contributed by atoms with Crippen molar-refractivity contribution < 1.29 is 9.53 Å². The van der Waals surface area contributed by atoms with E-state index in [-0.39, 0.29) is 5.97 Å². The molecule has 116 valence electrons. The van der Waals surface area contributed by atoms with Crippen molar-refractivity contribution in [3.63, 3.8) is 0 Å². The van der Waals surface area contributed by atoms with Crippen molar-refractivity contribution in [3.8, 4) is 11.4 Å². The fourth-order valence-electron chi connectivity index (χ4n) is 2.01. The van der Waals surface area contributed by atoms with Gasteiger partial charge in [-0.2, -0.15) is 9.36 Å². The average Bonchev–Trinajstić information content (AvgIpc) is 3.05. The van der Waals surface area contributed by atoms with Crippen LogP contribution < -0.4 is 5.32 Å². The summed E-state index contributed by atoms with van der Waals surface area (Å²) in [5.41, 5.74) is 2.35. The number of nitrogens with zero attached hydrogens (tertiary/aromatic N) is 2. The smallest absolute Gasteiger partial charge is 0.338 e. The minimum absolute atomic E-state index is 0.318. The molecule has 0 aliphatic heterocycles. The fourth-order valence-corrected chi connectivity index (χ4v) is 2.62. The number of rotatable bonds is 5. The maximum atomic E-state index is 11.6. The van der Waals surface area contributed by atoms with Crippen LogP contribution in [0.25, 0.3) is 11.4 Å². The molecule has 5 nitrogen and oxygen atoms in total. The van der Waals surface area contributed by atoms with Gasteiger partial charge in [0.15, 0.2) is 5.82 Å². The summed E-state index contributed by atoms with van der Waals surface area (Å²) >= 11 is 1.29. The van der Waals surface area contributed by atoms with Gasteiger partial charge in [-0.15, -0.1) is 0 Å². The van der Waals surface area contributed by atoms with Gasteiger partial charge in [0.05, 0.1) is 12.2 Å². The average molecular weight is 325 g/mol. The lowest BCUT2D eigenvalue weighted by Crippen LogP contribution is -2.04. The van der Waals surface area contributed by atoms with Crippen LogP contribution in [-0.4, -0.2) is 21.9 Å². The number of aromatic nitrogens is 2. The van der Waals surface area contributed by atoms with Crippen LogP contribution in [0.2, 0.25) is 0 Å². The van der Waals surface area contributed by atoms with E-state index in [0.29, 0.717) is 23.1 Å². The largest absolute Gasteiger partial charge is 0.462 e. The zero-order valence-corrected chi connectivity index (χ0v) is 13.3. The van der Waals surface area contributed by atoms with Crippen molar-refractivity contribution in [1.82, 2.24) is 9.36 Å². The Labute approximate surface area is 138 Å². The summed E-state index contributed by atoms with van der Waals surface area (Å²) < 4.78 is 9.31. The summed E-state index contributed by atoms with van der Waals surface area (Å²) in [6.45, 7) is 2.15. The first-order chi connectivity index (χ1) is 11.3. The Morgan fingerprint density at radius 1 is 1.13 bits per heavy atom. The molecule has 3 rings (SSSR count). The van der Waals surface area contributed by atoms with E-state index in [1.54, 1.807) is 19.1 Å². The number of hydrogen-bond donors (Lipinski definition) is 1. The van der Waals surface area contributed by atoms with Gasteiger partial charge in [-0.25, -0.2) is 4.79 Å². The number of carbonyl (C=O) groups is 1. The first kappa shape index (κ1) is 15.2. The third-order valence-electron chi connectivity index (χ3n) is 3.11. The lowest BCUT2D eigenvalue weighted by Gasteiger charge is -2.04. The molecule has 1 heterocycles. The first-order valence-corrected chi connectivity index (χ1v) is 7.97. The molecular weight excluding hydrogens is 310 g/mol. The highest BCUT2D eigenvalue weighted by Gasteiger charge is 2.08. The van der Waals surface area contributed by atoms with Crippen LogP contribution in [0.3, 0.4) is 0 Å². The van der Waals surface area contributed by atoms with E-state index < -0.39 is 0 Å². The van der Waals surface area contributed by atoms with E-state index in [1.807, 2.05) is 42.5 Å². The minimum atomic E-state index is -0.318. The van der Waals surface area contributed by atoms with Crippen LogP contribution in [0.1, 0.15) is 17.3 Å². The molecule has 1 aromatic heterocycles. The van der Waals surface area contributed by atoms with E-state index in [2.05, 4.69) is 14.7 Å². The predicted molar refractivity (Wildman–Crippen MR) is 91.0 cm³/mol. The Morgan fingerprint density at radius 3 is 2.57 bits per heavy atom. The van der Waals surface area contributed by atoms with Crippen LogP contribution in [0.15, 0.2) is 54.6 Å². The second-order valence-corrected chi connectivity index (χ2v) is 5.46. The molecule has 0 spiro atoms. The van der Waals surface area contributed by atoms with Crippen LogP contribution in [0, 0.1) is 0 Å². The predicted octanol–water partition coefficient (Wildman–Crippen LogP) is 4.13. The van der Waals surface area contributed by atoms with Gasteiger partial charge < -0.3 is 10.1 Å². The highest BCUT2D eigenvalue weighted by molar-refractivity contribution is 7.09. The molecule has 0 bridgehead atoms. The summed E-state index contributed by atoms with van der Waals surface area (Å²) in [7, 11) is 0. The van der Waals surface area contributed by atoms with Gasteiger partial charge in [0, 0.05) is 22.8 Å². The molecule has 23 heavy (non-hydrogen) atoms. The number of esters is 1. The summed E-state index contributed by atoms with van der Waals surface area (Å²) in [4.78, 5) is 16.1. The Kier molecular flexibility index (Phi) is 4.63. The maximum Gasteiger partial charge on any atom is 0.338 e. The van der Waals surface area contributed by atoms with Gasteiger partial charge in [0.25, 0.3) is 0 Å². The number of carbonyl (C=O) groups excluding carboxylic acids is 1. The van der Waals surface area contributed by atoms with Crippen LogP contribution in [0.5, 0.6) is 0 Å². The standard InChI is InChI=1S/C17H15N3O2S/c1-2-22-16(21)13-8-10-14(11-9-13)18-17-19-15(20-23-17)12-6-4-3-5-7-12/h3-11H,2H2,1H3,(H,18,19,20). The summed E-state index contributed by atoms with van der Waals surface area (Å²) in [6.07, 6.45) is 0. The van der Waals surface area contributed by atoms with Crippen molar-refractivity contribution in [2.45, 2.75) is 6.92 Å². The van der Waals surface area contributed by atoms with Gasteiger partial charge in [-0.05, 0) is 31.2 Å². The number of nitrogens with one attached hydrogen (secondary N) is 1. The maximum absolute atomic E-state index is 11.6. The molecule has 0 amide bonds.